The highest BCUT2D eigenvalue weighted by Gasteiger charge is 2.25. The zero-order chi connectivity index (χ0) is 23.3. The summed E-state index contributed by atoms with van der Waals surface area (Å²) in [6.45, 7) is 3.46. The topological polar surface area (TPSA) is 76.8 Å². The Hall–Kier alpha value is -3.03. The molecule has 1 amide bonds. The lowest BCUT2D eigenvalue weighted by molar-refractivity contribution is 0.0924. The first kappa shape index (κ1) is 22.7. The Bertz CT molecular complexity index is 1140. The fraction of sp³-hybridized carbons (Fsp3) is 0.385. The smallest absolute Gasteiger partial charge is 0.273 e. The highest BCUT2D eigenvalue weighted by atomic mass is 35.5. The van der Waals surface area contributed by atoms with Crippen molar-refractivity contribution in [3.05, 3.63) is 64.8 Å². The molecule has 1 N–H and O–H groups in total. The van der Waals surface area contributed by atoms with E-state index in [2.05, 4.69) is 15.4 Å². The molecule has 1 aromatic heterocycles. The zero-order valence-electron chi connectivity index (χ0n) is 19.0. The molecule has 34 heavy (non-hydrogen) atoms. The van der Waals surface area contributed by atoms with E-state index < -0.39 is 0 Å². The third-order valence-corrected chi connectivity index (χ3v) is 6.72. The summed E-state index contributed by atoms with van der Waals surface area (Å²) in [4.78, 5) is 15.4. The van der Waals surface area contributed by atoms with Crippen molar-refractivity contribution in [2.75, 3.05) is 32.8 Å². The number of benzene rings is 2. The minimum absolute atomic E-state index is 0.0000777. The molecule has 0 bridgehead atoms. The van der Waals surface area contributed by atoms with Gasteiger partial charge in [-0.15, -0.1) is 0 Å². The number of hydrogen-bond donors (Lipinski definition) is 1. The highest BCUT2D eigenvalue weighted by molar-refractivity contribution is 6.31. The minimum Gasteiger partial charge on any atom is -0.486 e. The molecule has 0 aliphatic carbocycles. The Kier molecular flexibility index (Phi) is 7.02. The Morgan fingerprint density at radius 3 is 2.56 bits per heavy atom. The number of nitrogens with one attached hydrogen (secondary N) is 1. The summed E-state index contributed by atoms with van der Waals surface area (Å²) < 4.78 is 16.7. The van der Waals surface area contributed by atoms with Crippen LogP contribution in [0.3, 0.4) is 0 Å². The lowest BCUT2D eigenvalue weighted by atomic mass is 10.0. The van der Waals surface area contributed by atoms with E-state index in [-0.39, 0.29) is 17.6 Å². The summed E-state index contributed by atoms with van der Waals surface area (Å²) >= 11 is 6.55. The molecule has 2 aliphatic rings. The fourth-order valence-electron chi connectivity index (χ4n) is 4.58. The number of carbonyl (C=O) groups excluding carboxylic acids is 1. The van der Waals surface area contributed by atoms with Crippen LogP contribution in [0.1, 0.15) is 47.8 Å². The number of fused-ring (bicyclic) bond motifs is 1. The van der Waals surface area contributed by atoms with Crippen LogP contribution in [0.25, 0.3) is 11.3 Å². The van der Waals surface area contributed by atoms with E-state index in [1.807, 2.05) is 42.5 Å². The molecule has 8 heteroatoms. The SMILES string of the molecule is O=C(NC[C@@H](c1ccccc1Cl)N1CCCCCC1)c1cc(-c2ccc3c(c2)OCCO3)on1. The largest absolute Gasteiger partial charge is 0.486 e. The number of amides is 1. The Morgan fingerprint density at radius 1 is 1.00 bits per heavy atom. The fourth-order valence-corrected chi connectivity index (χ4v) is 4.84. The monoisotopic (exact) mass is 481 g/mol. The summed E-state index contributed by atoms with van der Waals surface area (Å²) in [6, 6.07) is 15.1. The molecule has 3 aromatic rings. The van der Waals surface area contributed by atoms with Gasteiger partial charge in [-0.3, -0.25) is 9.69 Å². The minimum atomic E-state index is -0.278. The summed E-state index contributed by atoms with van der Waals surface area (Å²) in [5.74, 6) is 1.58. The van der Waals surface area contributed by atoms with Gasteiger partial charge in [-0.05, 0) is 55.8 Å². The van der Waals surface area contributed by atoms with Gasteiger partial charge in [0.05, 0.1) is 6.04 Å². The van der Waals surface area contributed by atoms with Crippen LogP contribution in [-0.4, -0.2) is 48.8 Å². The van der Waals surface area contributed by atoms with Crippen LogP contribution < -0.4 is 14.8 Å². The van der Waals surface area contributed by atoms with Crippen molar-refractivity contribution in [2.45, 2.75) is 31.7 Å². The van der Waals surface area contributed by atoms with E-state index in [4.69, 9.17) is 25.6 Å². The van der Waals surface area contributed by atoms with Crippen molar-refractivity contribution in [3.63, 3.8) is 0 Å². The molecular formula is C26H28ClN3O4. The average Bonchev–Trinajstić information content (AvgIpc) is 3.22. The predicted molar refractivity (Wildman–Crippen MR) is 129 cm³/mol. The number of halogens is 1. The average molecular weight is 482 g/mol. The second kappa shape index (κ2) is 10.5. The molecule has 178 valence electrons. The second-order valence-electron chi connectivity index (χ2n) is 8.63. The van der Waals surface area contributed by atoms with E-state index in [9.17, 15) is 4.79 Å². The lowest BCUT2D eigenvalue weighted by Crippen LogP contribution is -2.39. The maximum Gasteiger partial charge on any atom is 0.273 e. The summed E-state index contributed by atoms with van der Waals surface area (Å²) in [5.41, 5.74) is 2.04. The second-order valence-corrected chi connectivity index (χ2v) is 9.04. The van der Waals surface area contributed by atoms with Crippen LogP contribution in [0.4, 0.5) is 0 Å². The number of nitrogens with zero attached hydrogens (tertiary/aromatic N) is 2. The van der Waals surface area contributed by atoms with Gasteiger partial charge in [0.1, 0.15) is 13.2 Å². The van der Waals surface area contributed by atoms with E-state index >= 15 is 0 Å². The van der Waals surface area contributed by atoms with Crippen LogP contribution in [0, 0.1) is 0 Å². The predicted octanol–water partition coefficient (Wildman–Crippen LogP) is 5.11. The lowest BCUT2D eigenvalue weighted by Gasteiger charge is -2.31. The Balaban J connectivity index is 1.30. The maximum absolute atomic E-state index is 13.0. The molecular weight excluding hydrogens is 454 g/mol. The standard InChI is InChI=1S/C26H28ClN3O4/c27-20-8-4-3-7-19(20)22(30-11-5-1-2-6-12-30)17-28-26(31)21-16-24(34-29-21)18-9-10-23-25(15-18)33-14-13-32-23/h3-4,7-10,15-16,22H,1-2,5-6,11-14,17H2,(H,28,31)/t22-/m0/s1. The molecule has 1 fully saturated rings. The van der Waals surface area contributed by atoms with Gasteiger partial charge < -0.3 is 19.3 Å². The van der Waals surface area contributed by atoms with Crippen molar-refractivity contribution in [3.8, 4) is 22.8 Å². The molecule has 0 spiro atoms. The molecule has 3 heterocycles. The quantitative estimate of drug-likeness (QED) is 0.527. The van der Waals surface area contributed by atoms with E-state index in [1.165, 1.54) is 12.8 Å². The normalized spacial score (nSPS) is 17.1. The van der Waals surface area contributed by atoms with E-state index in [0.29, 0.717) is 42.0 Å². The number of likely N-dealkylation sites (tertiary alicyclic amines) is 1. The molecule has 2 aliphatic heterocycles. The number of ether oxygens (including phenoxy) is 2. The molecule has 1 saturated heterocycles. The molecule has 0 unspecified atom stereocenters. The van der Waals surface area contributed by atoms with Gasteiger partial charge in [0.2, 0.25) is 0 Å². The molecule has 2 aromatic carbocycles. The molecule has 0 saturated carbocycles. The third-order valence-electron chi connectivity index (χ3n) is 6.37. The van der Waals surface area contributed by atoms with Gasteiger partial charge >= 0.3 is 0 Å². The van der Waals surface area contributed by atoms with Crippen LogP contribution in [0.5, 0.6) is 11.5 Å². The van der Waals surface area contributed by atoms with Gasteiger partial charge in [-0.25, -0.2) is 0 Å². The number of hydrogen-bond acceptors (Lipinski definition) is 6. The van der Waals surface area contributed by atoms with Gasteiger partial charge in [0.25, 0.3) is 5.91 Å². The summed E-state index contributed by atoms with van der Waals surface area (Å²) in [7, 11) is 0. The Morgan fingerprint density at radius 2 is 1.76 bits per heavy atom. The van der Waals surface area contributed by atoms with E-state index in [1.54, 1.807) is 6.07 Å². The van der Waals surface area contributed by atoms with Crippen LogP contribution in [0.15, 0.2) is 53.1 Å². The Labute approximate surface area is 204 Å². The van der Waals surface area contributed by atoms with Crippen LogP contribution in [-0.2, 0) is 0 Å². The van der Waals surface area contributed by atoms with Crippen molar-refractivity contribution < 1.29 is 18.8 Å². The van der Waals surface area contributed by atoms with Crippen LogP contribution in [0.2, 0.25) is 5.02 Å². The van der Waals surface area contributed by atoms with Gasteiger partial charge in [-0.2, -0.15) is 0 Å². The number of rotatable bonds is 6. The van der Waals surface area contributed by atoms with Crippen LogP contribution >= 0.6 is 11.6 Å². The summed E-state index contributed by atoms with van der Waals surface area (Å²) in [5, 5.41) is 7.77. The van der Waals surface area contributed by atoms with Crippen molar-refractivity contribution in [2.24, 2.45) is 0 Å². The maximum atomic E-state index is 13.0. The van der Waals surface area contributed by atoms with Crippen molar-refractivity contribution in [1.82, 2.24) is 15.4 Å². The van der Waals surface area contributed by atoms with Gasteiger partial charge in [-0.1, -0.05) is 47.8 Å². The van der Waals surface area contributed by atoms with E-state index in [0.717, 1.165) is 37.1 Å². The molecule has 5 rings (SSSR count). The molecule has 7 nitrogen and oxygen atoms in total. The first-order valence-corrected chi connectivity index (χ1v) is 12.2. The first-order valence-electron chi connectivity index (χ1n) is 11.8. The first-order chi connectivity index (χ1) is 16.7. The third kappa shape index (κ3) is 5.05. The molecule has 0 radical (unpaired) electrons. The van der Waals surface area contributed by atoms with Crippen molar-refractivity contribution in [1.29, 1.82) is 0 Å². The number of carbonyl (C=O) groups is 1. The van der Waals surface area contributed by atoms with Gasteiger partial charge in [0.15, 0.2) is 23.0 Å². The zero-order valence-corrected chi connectivity index (χ0v) is 19.7. The molecule has 1 atom stereocenters. The number of aromatic nitrogens is 1. The van der Waals surface area contributed by atoms with Crippen molar-refractivity contribution >= 4 is 17.5 Å². The summed E-state index contributed by atoms with van der Waals surface area (Å²) in [6.07, 6.45) is 4.77. The highest BCUT2D eigenvalue weighted by Crippen LogP contribution is 2.35. The van der Waals surface area contributed by atoms with Gasteiger partial charge in [0, 0.05) is 23.2 Å².